The van der Waals surface area contributed by atoms with E-state index < -0.39 is 0 Å². The van der Waals surface area contributed by atoms with Gasteiger partial charge in [0.05, 0.1) is 5.69 Å². The summed E-state index contributed by atoms with van der Waals surface area (Å²) in [7, 11) is 0. The van der Waals surface area contributed by atoms with Gasteiger partial charge < -0.3 is 4.74 Å². The minimum absolute atomic E-state index is 0.248. The Labute approximate surface area is 147 Å². The first kappa shape index (κ1) is 15.8. The highest BCUT2D eigenvalue weighted by Gasteiger charge is 2.24. The van der Waals surface area contributed by atoms with Crippen molar-refractivity contribution in [2.75, 3.05) is 13.1 Å². The average Bonchev–Trinajstić information content (AvgIpc) is 3.28. The number of hydrogen-bond donors (Lipinski definition) is 0. The van der Waals surface area contributed by atoms with Gasteiger partial charge in [-0.25, -0.2) is 9.67 Å². The van der Waals surface area contributed by atoms with Crippen LogP contribution in [0.1, 0.15) is 17.5 Å². The van der Waals surface area contributed by atoms with Gasteiger partial charge in [-0.05, 0) is 42.7 Å². The van der Waals surface area contributed by atoms with E-state index >= 15 is 0 Å². The van der Waals surface area contributed by atoms with Crippen LogP contribution in [0, 0.1) is 6.92 Å². The van der Waals surface area contributed by atoms with Gasteiger partial charge in [0.25, 0.3) is 0 Å². The Kier molecular flexibility index (Phi) is 4.43. The van der Waals surface area contributed by atoms with Crippen molar-refractivity contribution in [2.45, 2.75) is 26.0 Å². The molecular formula is C19H21N5O. The number of nitrogens with zero attached hydrogens (tertiary/aromatic N) is 5. The number of rotatable bonds is 5. The van der Waals surface area contributed by atoms with Crippen molar-refractivity contribution >= 4 is 0 Å². The Hall–Kier alpha value is -2.73. The fourth-order valence-electron chi connectivity index (χ4n) is 3.31. The van der Waals surface area contributed by atoms with Crippen molar-refractivity contribution in [3.63, 3.8) is 0 Å². The van der Waals surface area contributed by atoms with Gasteiger partial charge in [-0.1, -0.05) is 12.1 Å². The van der Waals surface area contributed by atoms with Gasteiger partial charge in [-0.3, -0.25) is 9.88 Å². The van der Waals surface area contributed by atoms with E-state index in [0.29, 0.717) is 0 Å². The van der Waals surface area contributed by atoms with Crippen LogP contribution >= 0.6 is 0 Å². The molecule has 3 aromatic rings. The summed E-state index contributed by atoms with van der Waals surface area (Å²) < 4.78 is 7.83. The quantitative estimate of drug-likeness (QED) is 0.717. The third-order valence-electron chi connectivity index (χ3n) is 4.51. The Morgan fingerprint density at radius 1 is 1.16 bits per heavy atom. The molecular weight excluding hydrogens is 314 g/mol. The average molecular weight is 335 g/mol. The minimum Gasteiger partial charge on any atom is -0.489 e. The zero-order chi connectivity index (χ0) is 17.1. The fraction of sp³-hybridized carbons (Fsp3) is 0.316. The van der Waals surface area contributed by atoms with Crippen molar-refractivity contribution in [3.05, 3.63) is 66.5 Å². The molecule has 1 fully saturated rings. The molecule has 6 heteroatoms. The second-order valence-corrected chi connectivity index (χ2v) is 6.41. The van der Waals surface area contributed by atoms with Crippen molar-refractivity contribution in [1.29, 1.82) is 0 Å². The van der Waals surface area contributed by atoms with Crippen LogP contribution in [-0.2, 0) is 6.54 Å². The number of ether oxygens (including phenoxy) is 1. The molecule has 3 heterocycles. The molecule has 1 saturated heterocycles. The third-order valence-corrected chi connectivity index (χ3v) is 4.51. The fourth-order valence-corrected chi connectivity index (χ4v) is 3.31. The third kappa shape index (κ3) is 3.69. The number of aromatic nitrogens is 4. The molecule has 1 aromatic carbocycles. The number of aryl methyl sites for hydroxylation is 1. The van der Waals surface area contributed by atoms with Gasteiger partial charge in [-0.15, -0.1) is 0 Å². The van der Waals surface area contributed by atoms with E-state index in [4.69, 9.17) is 4.74 Å². The van der Waals surface area contributed by atoms with Crippen LogP contribution in [0.3, 0.4) is 0 Å². The van der Waals surface area contributed by atoms with Crippen LogP contribution in [0.5, 0.6) is 5.75 Å². The lowest BCUT2D eigenvalue weighted by molar-refractivity contribution is 0.198. The highest BCUT2D eigenvalue weighted by Crippen LogP contribution is 2.21. The summed E-state index contributed by atoms with van der Waals surface area (Å²) in [5.41, 5.74) is 3.58. The van der Waals surface area contributed by atoms with Crippen molar-refractivity contribution in [2.24, 2.45) is 0 Å². The molecule has 1 atom stereocenters. The zero-order valence-corrected chi connectivity index (χ0v) is 14.2. The van der Waals surface area contributed by atoms with E-state index in [-0.39, 0.29) is 6.10 Å². The number of hydrogen-bond acceptors (Lipinski definition) is 5. The molecule has 0 amide bonds. The molecule has 6 nitrogen and oxygen atoms in total. The maximum atomic E-state index is 6.03. The first-order chi connectivity index (χ1) is 12.3. The van der Waals surface area contributed by atoms with Crippen LogP contribution in [0.15, 0.2) is 55.4 Å². The molecule has 4 rings (SSSR count). The summed E-state index contributed by atoms with van der Waals surface area (Å²) in [4.78, 5) is 10.5. The molecule has 1 aliphatic rings. The predicted molar refractivity (Wildman–Crippen MR) is 94.6 cm³/mol. The second kappa shape index (κ2) is 7.03. The second-order valence-electron chi connectivity index (χ2n) is 6.41. The van der Waals surface area contributed by atoms with Gasteiger partial charge >= 0.3 is 0 Å². The van der Waals surface area contributed by atoms with Gasteiger partial charge in [0.15, 0.2) is 0 Å². The van der Waals surface area contributed by atoms with Crippen molar-refractivity contribution in [3.8, 4) is 11.4 Å². The summed E-state index contributed by atoms with van der Waals surface area (Å²) >= 11 is 0. The van der Waals surface area contributed by atoms with Crippen LogP contribution in [-0.4, -0.2) is 43.8 Å². The lowest BCUT2D eigenvalue weighted by Crippen LogP contribution is -2.24. The first-order valence-corrected chi connectivity index (χ1v) is 8.51. The number of pyridine rings is 1. The normalized spacial score (nSPS) is 17.7. The Morgan fingerprint density at radius 3 is 2.80 bits per heavy atom. The maximum Gasteiger partial charge on any atom is 0.138 e. The van der Waals surface area contributed by atoms with E-state index in [1.54, 1.807) is 29.7 Å². The first-order valence-electron chi connectivity index (χ1n) is 8.51. The molecule has 25 heavy (non-hydrogen) atoms. The number of likely N-dealkylation sites (tertiary alicyclic amines) is 1. The molecule has 0 spiro atoms. The Morgan fingerprint density at radius 2 is 2.04 bits per heavy atom. The summed E-state index contributed by atoms with van der Waals surface area (Å²) in [6.07, 6.45) is 8.11. The van der Waals surface area contributed by atoms with Gasteiger partial charge in [0, 0.05) is 32.0 Å². The molecule has 0 N–H and O–H groups in total. The Bertz CT molecular complexity index is 819. The largest absolute Gasteiger partial charge is 0.489 e. The highest BCUT2D eigenvalue weighted by molar-refractivity contribution is 5.41. The summed E-state index contributed by atoms with van der Waals surface area (Å²) in [5.74, 6) is 0.898. The summed E-state index contributed by atoms with van der Waals surface area (Å²) in [5, 5.41) is 4.20. The van der Waals surface area contributed by atoms with Crippen LogP contribution in [0.25, 0.3) is 5.69 Å². The molecule has 0 bridgehead atoms. The van der Waals surface area contributed by atoms with E-state index in [1.165, 1.54) is 11.1 Å². The van der Waals surface area contributed by atoms with Crippen molar-refractivity contribution < 1.29 is 4.74 Å². The zero-order valence-electron chi connectivity index (χ0n) is 14.2. The lowest BCUT2D eigenvalue weighted by Gasteiger charge is -2.17. The van der Waals surface area contributed by atoms with Crippen molar-refractivity contribution in [1.82, 2.24) is 24.6 Å². The van der Waals surface area contributed by atoms with Crippen LogP contribution < -0.4 is 4.74 Å². The Balaban J connectivity index is 1.37. The smallest absolute Gasteiger partial charge is 0.138 e. The monoisotopic (exact) mass is 335 g/mol. The van der Waals surface area contributed by atoms with E-state index in [1.807, 2.05) is 12.1 Å². The van der Waals surface area contributed by atoms with E-state index in [9.17, 15) is 0 Å². The lowest BCUT2D eigenvalue weighted by atomic mass is 10.1. The topological polar surface area (TPSA) is 56.1 Å². The number of benzene rings is 1. The molecule has 128 valence electrons. The molecule has 2 aromatic heterocycles. The van der Waals surface area contributed by atoms with E-state index in [2.05, 4.69) is 45.1 Å². The maximum absolute atomic E-state index is 6.03. The SMILES string of the molecule is Cc1cc(CN2CCC(Oc3ccncc3)C2)ccc1-n1cncn1. The van der Waals surface area contributed by atoms with Crippen LogP contribution in [0.2, 0.25) is 0 Å². The molecule has 1 unspecified atom stereocenters. The summed E-state index contributed by atoms with van der Waals surface area (Å²) in [6.45, 7) is 5.06. The standard InChI is InChI=1S/C19H21N5O/c1-15-10-16(2-3-19(15)24-14-21-13-22-24)11-23-9-6-18(12-23)25-17-4-7-20-8-5-17/h2-5,7-8,10,13-14,18H,6,9,11-12H2,1H3. The van der Waals surface area contributed by atoms with Crippen LogP contribution in [0.4, 0.5) is 0 Å². The molecule has 0 aliphatic carbocycles. The van der Waals surface area contributed by atoms with E-state index in [0.717, 1.165) is 37.5 Å². The van der Waals surface area contributed by atoms with Gasteiger partial charge in [0.1, 0.15) is 24.5 Å². The molecule has 0 radical (unpaired) electrons. The van der Waals surface area contributed by atoms with Gasteiger partial charge in [0.2, 0.25) is 0 Å². The minimum atomic E-state index is 0.248. The highest BCUT2D eigenvalue weighted by atomic mass is 16.5. The summed E-state index contributed by atoms with van der Waals surface area (Å²) in [6, 6.07) is 10.3. The molecule has 1 aliphatic heterocycles. The predicted octanol–water partition coefficient (Wildman–Crippen LogP) is 2.62. The van der Waals surface area contributed by atoms with Gasteiger partial charge in [-0.2, -0.15) is 5.10 Å². The molecule has 0 saturated carbocycles.